The van der Waals surface area contributed by atoms with E-state index in [1.54, 1.807) is 18.2 Å². The fourth-order valence-electron chi connectivity index (χ4n) is 3.51. The molecule has 1 amide bonds. The minimum atomic E-state index is -1.14. The number of para-hydroxylation sites is 1. The first kappa shape index (κ1) is 22.6. The second-order valence-electron chi connectivity index (χ2n) is 7.20. The molecule has 1 aliphatic heterocycles. The lowest BCUT2D eigenvalue weighted by Gasteiger charge is -2.28. The predicted octanol–water partition coefficient (Wildman–Crippen LogP) is 2.09. The Morgan fingerprint density at radius 1 is 1.06 bits per heavy atom. The summed E-state index contributed by atoms with van der Waals surface area (Å²) >= 11 is 1.25. The number of aliphatic carboxylic acids is 2. The van der Waals surface area contributed by atoms with Crippen LogP contribution in [0.15, 0.2) is 54.6 Å². The number of carboxylic acid groups (broad SMARTS) is 2. The van der Waals surface area contributed by atoms with Crippen molar-refractivity contribution in [1.82, 2.24) is 10.2 Å². The fourth-order valence-corrected chi connectivity index (χ4v) is 4.98. The lowest BCUT2D eigenvalue weighted by Crippen LogP contribution is -2.49. The molecule has 1 heterocycles. The van der Waals surface area contributed by atoms with Crippen LogP contribution in [0, 0.1) is 0 Å². The number of benzene rings is 2. The number of nitrogens with zero attached hydrogens (tertiary/aromatic N) is 1. The third-order valence-electron chi connectivity index (χ3n) is 5.14. The Morgan fingerprint density at radius 2 is 1.74 bits per heavy atom. The van der Waals surface area contributed by atoms with Crippen LogP contribution in [0.25, 0.3) is 0 Å². The van der Waals surface area contributed by atoms with Crippen LogP contribution in [-0.2, 0) is 20.8 Å². The summed E-state index contributed by atoms with van der Waals surface area (Å²) in [6, 6.07) is 13.9. The molecule has 0 unspecified atom stereocenters. The highest BCUT2D eigenvalue weighted by Gasteiger charge is 2.43. The summed E-state index contributed by atoms with van der Waals surface area (Å²) < 4.78 is 0. The van der Waals surface area contributed by atoms with E-state index in [1.807, 2.05) is 30.3 Å². The van der Waals surface area contributed by atoms with Crippen LogP contribution in [0.5, 0.6) is 5.75 Å². The van der Waals surface area contributed by atoms with Gasteiger partial charge in [0.2, 0.25) is 5.91 Å². The number of aryl methyl sites for hydroxylation is 1. The zero-order valence-corrected chi connectivity index (χ0v) is 17.5. The standard InChI is InChI=1S/C22H24N2O6S/c25-18-9-5-4-8-15(18)20-24(17(13-31-20)22(29)30)19(26)12-23-16(21(27)28)11-10-14-6-2-1-3-7-14/h1-9,16-17,20,23,25H,10-13H2,(H,27,28)(H,29,30)/t16-,17-,20+/m0/s1. The maximum Gasteiger partial charge on any atom is 0.327 e. The molecular formula is C22H24N2O6S. The van der Waals surface area contributed by atoms with Gasteiger partial charge in [0.15, 0.2) is 0 Å². The highest BCUT2D eigenvalue weighted by Crippen LogP contribution is 2.44. The summed E-state index contributed by atoms with van der Waals surface area (Å²) in [7, 11) is 0. The van der Waals surface area contributed by atoms with Crippen molar-refractivity contribution >= 4 is 29.6 Å². The van der Waals surface area contributed by atoms with Gasteiger partial charge >= 0.3 is 11.9 Å². The van der Waals surface area contributed by atoms with Gasteiger partial charge in [0, 0.05) is 11.3 Å². The number of phenols is 1. The largest absolute Gasteiger partial charge is 0.508 e. The smallest absolute Gasteiger partial charge is 0.327 e. The molecule has 2 aromatic rings. The van der Waals surface area contributed by atoms with Crippen molar-refractivity contribution in [2.75, 3.05) is 12.3 Å². The van der Waals surface area contributed by atoms with Gasteiger partial charge < -0.3 is 20.2 Å². The molecule has 164 valence electrons. The van der Waals surface area contributed by atoms with Crippen molar-refractivity contribution < 1.29 is 29.7 Å². The van der Waals surface area contributed by atoms with Crippen LogP contribution >= 0.6 is 11.8 Å². The number of carbonyl (C=O) groups excluding carboxylic acids is 1. The molecule has 0 aromatic heterocycles. The van der Waals surface area contributed by atoms with Crippen molar-refractivity contribution in [1.29, 1.82) is 0 Å². The number of phenolic OH excluding ortho intramolecular Hbond substituents is 1. The molecule has 0 saturated carbocycles. The Hall–Kier alpha value is -3.04. The first-order valence-electron chi connectivity index (χ1n) is 9.82. The van der Waals surface area contributed by atoms with Crippen LogP contribution in [-0.4, -0.2) is 62.4 Å². The Balaban J connectivity index is 1.69. The van der Waals surface area contributed by atoms with E-state index < -0.39 is 35.3 Å². The summed E-state index contributed by atoms with van der Waals surface area (Å²) in [5, 5.41) is 31.3. The van der Waals surface area contributed by atoms with E-state index in [0.717, 1.165) is 5.56 Å². The summed E-state index contributed by atoms with van der Waals surface area (Å²) in [6.07, 6.45) is 0.809. The molecular weight excluding hydrogens is 420 g/mol. The molecule has 1 fully saturated rings. The summed E-state index contributed by atoms with van der Waals surface area (Å²) in [4.78, 5) is 37.5. The molecule has 1 saturated heterocycles. The number of amides is 1. The Labute approximate surface area is 183 Å². The normalized spacial score (nSPS) is 19.2. The number of aromatic hydroxyl groups is 1. The van der Waals surface area contributed by atoms with Gasteiger partial charge in [-0.25, -0.2) is 4.79 Å². The van der Waals surface area contributed by atoms with Gasteiger partial charge in [-0.2, -0.15) is 0 Å². The Kier molecular flexibility index (Phi) is 7.54. The van der Waals surface area contributed by atoms with Crippen LogP contribution in [0.3, 0.4) is 0 Å². The molecule has 31 heavy (non-hydrogen) atoms. The van der Waals surface area contributed by atoms with E-state index in [1.165, 1.54) is 22.7 Å². The van der Waals surface area contributed by atoms with Crippen molar-refractivity contribution in [2.45, 2.75) is 30.3 Å². The zero-order valence-electron chi connectivity index (χ0n) is 16.7. The van der Waals surface area contributed by atoms with Gasteiger partial charge in [0.05, 0.1) is 6.54 Å². The number of carbonyl (C=O) groups is 3. The van der Waals surface area contributed by atoms with Gasteiger partial charge in [-0.1, -0.05) is 48.5 Å². The van der Waals surface area contributed by atoms with E-state index in [9.17, 15) is 29.7 Å². The lowest BCUT2D eigenvalue weighted by atomic mass is 10.1. The van der Waals surface area contributed by atoms with Crippen LogP contribution in [0.2, 0.25) is 0 Å². The molecule has 0 spiro atoms. The van der Waals surface area contributed by atoms with Crippen LogP contribution in [0.1, 0.15) is 22.9 Å². The molecule has 1 aliphatic rings. The lowest BCUT2D eigenvalue weighted by molar-refractivity contribution is -0.149. The minimum absolute atomic E-state index is 0.0249. The van der Waals surface area contributed by atoms with Gasteiger partial charge in [0.1, 0.15) is 23.2 Å². The Bertz CT molecular complexity index is 939. The van der Waals surface area contributed by atoms with Gasteiger partial charge in [-0.3, -0.25) is 14.9 Å². The fraction of sp³-hybridized carbons (Fsp3) is 0.318. The van der Waals surface area contributed by atoms with Gasteiger partial charge in [0.25, 0.3) is 0 Å². The molecule has 8 nitrogen and oxygen atoms in total. The predicted molar refractivity (Wildman–Crippen MR) is 116 cm³/mol. The van der Waals surface area contributed by atoms with Crippen molar-refractivity contribution in [2.24, 2.45) is 0 Å². The number of hydrogen-bond donors (Lipinski definition) is 4. The van der Waals surface area contributed by atoms with Crippen molar-refractivity contribution in [3.8, 4) is 5.75 Å². The van der Waals surface area contributed by atoms with Crippen LogP contribution in [0.4, 0.5) is 0 Å². The van der Waals surface area contributed by atoms with E-state index in [2.05, 4.69) is 5.32 Å². The zero-order chi connectivity index (χ0) is 22.4. The second-order valence-corrected chi connectivity index (χ2v) is 8.31. The highest BCUT2D eigenvalue weighted by molar-refractivity contribution is 7.99. The average molecular weight is 445 g/mol. The summed E-state index contributed by atoms with van der Waals surface area (Å²) in [6.45, 7) is -0.319. The quantitative estimate of drug-likeness (QED) is 0.463. The molecule has 3 atom stereocenters. The first-order chi connectivity index (χ1) is 14.9. The maximum atomic E-state index is 13.0. The molecule has 0 aliphatic carbocycles. The Morgan fingerprint density at radius 3 is 2.39 bits per heavy atom. The maximum absolute atomic E-state index is 13.0. The topological polar surface area (TPSA) is 127 Å². The number of carboxylic acids is 2. The molecule has 3 rings (SSSR count). The van der Waals surface area contributed by atoms with Crippen molar-refractivity contribution in [3.05, 3.63) is 65.7 Å². The highest BCUT2D eigenvalue weighted by atomic mass is 32.2. The number of rotatable bonds is 9. The average Bonchev–Trinajstić information content (AvgIpc) is 3.19. The monoisotopic (exact) mass is 444 g/mol. The van der Waals surface area contributed by atoms with E-state index in [-0.39, 0.29) is 24.5 Å². The van der Waals surface area contributed by atoms with E-state index >= 15 is 0 Å². The third-order valence-corrected chi connectivity index (χ3v) is 6.44. The molecule has 0 radical (unpaired) electrons. The van der Waals surface area contributed by atoms with E-state index in [4.69, 9.17) is 0 Å². The minimum Gasteiger partial charge on any atom is -0.508 e. The number of thioether (sulfide) groups is 1. The van der Waals surface area contributed by atoms with Gasteiger partial charge in [-0.15, -0.1) is 11.8 Å². The number of hydrogen-bond acceptors (Lipinski definition) is 6. The van der Waals surface area contributed by atoms with E-state index in [0.29, 0.717) is 12.0 Å². The van der Waals surface area contributed by atoms with Gasteiger partial charge in [-0.05, 0) is 24.5 Å². The number of nitrogens with one attached hydrogen (secondary N) is 1. The third kappa shape index (κ3) is 5.56. The molecule has 9 heteroatoms. The summed E-state index contributed by atoms with van der Waals surface area (Å²) in [5.41, 5.74) is 1.44. The molecule has 0 bridgehead atoms. The molecule has 2 aromatic carbocycles. The molecule has 4 N–H and O–H groups in total. The first-order valence-corrected chi connectivity index (χ1v) is 10.9. The SMILES string of the molecule is O=C(O)[C@H](CCc1ccccc1)NCC(=O)N1[C@@H](c2ccccc2O)SC[C@H]1C(=O)O. The summed E-state index contributed by atoms with van der Waals surface area (Å²) in [5.74, 6) is -2.60. The van der Waals surface area contributed by atoms with Crippen LogP contribution < -0.4 is 5.32 Å². The van der Waals surface area contributed by atoms with Crippen molar-refractivity contribution in [3.63, 3.8) is 0 Å². The second kappa shape index (κ2) is 10.3.